The molecule has 0 bridgehead atoms. The van der Waals surface area contributed by atoms with E-state index in [2.05, 4.69) is 19.2 Å². The number of benzene rings is 1. The van der Waals surface area contributed by atoms with Crippen LogP contribution in [-0.2, 0) is 11.2 Å². The molecule has 1 rings (SSSR count). The first-order valence-electron chi connectivity index (χ1n) is 6.56. The fourth-order valence-electron chi connectivity index (χ4n) is 2.43. The van der Waals surface area contributed by atoms with Crippen LogP contribution in [0.5, 0.6) is 5.75 Å². The van der Waals surface area contributed by atoms with Crippen molar-refractivity contribution in [3.63, 3.8) is 0 Å². The van der Waals surface area contributed by atoms with Crippen LogP contribution >= 0.6 is 11.6 Å². The summed E-state index contributed by atoms with van der Waals surface area (Å²) in [6.45, 7) is 4.32. The molecule has 0 fully saturated rings. The Hall–Kier alpha value is -0.770. The second kappa shape index (κ2) is 7.73. The molecule has 2 atom stereocenters. The normalized spacial score (nSPS) is 14.5. The minimum Gasteiger partial charge on any atom is -0.496 e. The number of ether oxygens (including phenoxy) is 2. The summed E-state index contributed by atoms with van der Waals surface area (Å²) in [5, 5.41) is 4.06. The van der Waals surface area contributed by atoms with Crippen LogP contribution in [0, 0.1) is 5.92 Å². The third-order valence-electron chi connectivity index (χ3n) is 3.38. The predicted octanol–water partition coefficient (Wildman–Crippen LogP) is 3.15. The van der Waals surface area contributed by atoms with Gasteiger partial charge in [-0.3, -0.25) is 0 Å². The van der Waals surface area contributed by atoms with Gasteiger partial charge in [0.1, 0.15) is 5.75 Å². The Kier molecular flexibility index (Phi) is 6.63. The molecule has 0 aliphatic rings. The average Bonchev–Trinajstić information content (AvgIpc) is 2.38. The number of hydrogen-bond acceptors (Lipinski definition) is 3. The van der Waals surface area contributed by atoms with E-state index in [-0.39, 0.29) is 12.1 Å². The van der Waals surface area contributed by atoms with Crippen molar-refractivity contribution in [3.8, 4) is 5.75 Å². The fraction of sp³-hybridized carbons (Fsp3) is 0.600. The predicted molar refractivity (Wildman–Crippen MR) is 80.2 cm³/mol. The lowest BCUT2D eigenvalue weighted by Crippen LogP contribution is -2.43. The van der Waals surface area contributed by atoms with Crippen LogP contribution in [0.25, 0.3) is 0 Å². The third kappa shape index (κ3) is 4.37. The summed E-state index contributed by atoms with van der Waals surface area (Å²) in [5.74, 6) is 1.30. The molecule has 1 aromatic rings. The van der Waals surface area contributed by atoms with Gasteiger partial charge in [0, 0.05) is 18.2 Å². The topological polar surface area (TPSA) is 30.5 Å². The molecule has 1 N–H and O–H groups in total. The molecular weight excluding hydrogens is 262 g/mol. The van der Waals surface area contributed by atoms with Crippen molar-refractivity contribution < 1.29 is 9.47 Å². The van der Waals surface area contributed by atoms with E-state index in [9.17, 15) is 0 Å². The minimum absolute atomic E-state index is 0.147. The Morgan fingerprint density at radius 1 is 1.26 bits per heavy atom. The molecule has 0 heterocycles. The van der Waals surface area contributed by atoms with Crippen LogP contribution < -0.4 is 10.1 Å². The lowest BCUT2D eigenvalue weighted by atomic mass is 9.93. The molecule has 0 aliphatic carbocycles. The molecular formula is C15H24ClNO2. The second-order valence-corrected chi connectivity index (χ2v) is 5.44. The highest BCUT2D eigenvalue weighted by atomic mass is 35.5. The van der Waals surface area contributed by atoms with Crippen LogP contribution in [0.15, 0.2) is 18.2 Å². The van der Waals surface area contributed by atoms with Gasteiger partial charge in [-0.1, -0.05) is 25.4 Å². The van der Waals surface area contributed by atoms with Gasteiger partial charge in [-0.25, -0.2) is 0 Å². The van der Waals surface area contributed by atoms with Crippen LogP contribution in [-0.4, -0.2) is 33.4 Å². The molecule has 0 radical (unpaired) electrons. The Morgan fingerprint density at radius 3 is 2.42 bits per heavy atom. The number of hydrogen-bond donors (Lipinski definition) is 1. The van der Waals surface area contributed by atoms with Crippen LogP contribution in [0.3, 0.4) is 0 Å². The molecule has 0 saturated carbocycles. The number of methoxy groups -OCH3 is 2. The average molecular weight is 286 g/mol. The van der Waals surface area contributed by atoms with E-state index in [0.29, 0.717) is 5.92 Å². The molecule has 4 heteroatoms. The first-order valence-corrected chi connectivity index (χ1v) is 6.93. The molecule has 3 nitrogen and oxygen atoms in total. The zero-order valence-electron chi connectivity index (χ0n) is 12.4. The molecule has 0 aliphatic heterocycles. The maximum Gasteiger partial charge on any atom is 0.122 e. The van der Waals surface area contributed by atoms with Gasteiger partial charge in [-0.05, 0) is 43.1 Å². The largest absolute Gasteiger partial charge is 0.496 e. The van der Waals surface area contributed by atoms with Crippen LogP contribution in [0.2, 0.25) is 5.02 Å². The van der Waals surface area contributed by atoms with Gasteiger partial charge in [-0.2, -0.15) is 0 Å². The fourth-order valence-corrected chi connectivity index (χ4v) is 2.62. The first-order chi connectivity index (χ1) is 9.03. The summed E-state index contributed by atoms with van der Waals surface area (Å²) in [6.07, 6.45) is 0.963. The second-order valence-electron chi connectivity index (χ2n) is 5.00. The standard InChI is InChI=1S/C15H24ClNO2/c1-10(2)15(19-5)13(17-3)9-11-8-12(16)6-7-14(11)18-4/h6-8,10,13,15,17H,9H2,1-5H3. The highest BCUT2D eigenvalue weighted by molar-refractivity contribution is 6.30. The smallest absolute Gasteiger partial charge is 0.122 e. The summed E-state index contributed by atoms with van der Waals surface area (Å²) in [4.78, 5) is 0. The van der Waals surface area contributed by atoms with Crippen molar-refractivity contribution >= 4 is 11.6 Å². The van der Waals surface area contributed by atoms with E-state index >= 15 is 0 Å². The Morgan fingerprint density at radius 2 is 1.95 bits per heavy atom. The number of rotatable bonds is 7. The van der Waals surface area contributed by atoms with Crippen molar-refractivity contribution in [3.05, 3.63) is 28.8 Å². The molecule has 1 aromatic carbocycles. The van der Waals surface area contributed by atoms with Crippen LogP contribution in [0.1, 0.15) is 19.4 Å². The third-order valence-corrected chi connectivity index (χ3v) is 3.61. The number of halogens is 1. The van der Waals surface area contributed by atoms with Gasteiger partial charge >= 0.3 is 0 Å². The van der Waals surface area contributed by atoms with E-state index < -0.39 is 0 Å². The Balaban J connectivity index is 2.94. The minimum atomic E-state index is 0.147. The molecule has 2 unspecified atom stereocenters. The summed E-state index contributed by atoms with van der Waals surface area (Å²) in [6, 6.07) is 5.92. The Labute approximate surface area is 121 Å². The summed E-state index contributed by atoms with van der Waals surface area (Å²) < 4.78 is 11.0. The maximum atomic E-state index is 6.07. The van der Waals surface area contributed by atoms with Crippen molar-refractivity contribution in [1.82, 2.24) is 5.32 Å². The highest BCUT2D eigenvalue weighted by Crippen LogP contribution is 2.25. The van der Waals surface area contributed by atoms with Gasteiger partial charge in [0.15, 0.2) is 0 Å². The monoisotopic (exact) mass is 285 g/mol. The van der Waals surface area contributed by atoms with E-state index in [4.69, 9.17) is 21.1 Å². The van der Waals surface area contributed by atoms with Gasteiger partial charge < -0.3 is 14.8 Å². The van der Waals surface area contributed by atoms with E-state index in [1.54, 1.807) is 14.2 Å². The van der Waals surface area contributed by atoms with E-state index in [1.807, 2.05) is 25.2 Å². The summed E-state index contributed by atoms with van der Waals surface area (Å²) in [7, 11) is 5.39. The Bertz CT molecular complexity index is 396. The van der Waals surface area contributed by atoms with Gasteiger partial charge in [-0.15, -0.1) is 0 Å². The quantitative estimate of drug-likeness (QED) is 0.835. The zero-order chi connectivity index (χ0) is 14.4. The molecule has 0 spiro atoms. The molecule has 108 valence electrons. The molecule has 0 saturated heterocycles. The SMILES string of the molecule is CNC(Cc1cc(Cl)ccc1OC)C(OC)C(C)C. The lowest BCUT2D eigenvalue weighted by Gasteiger charge is -2.29. The number of likely N-dealkylation sites (N-methyl/N-ethyl adjacent to an activating group) is 1. The van der Waals surface area contributed by atoms with Gasteiger partial charge in [0.2, 0.25) is 0 Å². The number of nitrogens with one attached hydrogen (secondary N) is 1. The van der Waals surface area contributed by atoms with E-state index in [1.165, 1.54) is 0 Å². The van der Waals surface area contributed by atoms with E-state index in [0.717, 1.165) is 22.8 Å². The van der Waals surface area contributed by atoms with Gasteiger partial charge in [0.05, 0.1) is 13.2 Å². The molecule has 19 heavy (non-hydrogen) atoms. The maximum absolute atomic E-state index is 6.07. The van der Waals surface area contributed by atoms with Gasteiger partial charge in [0.25, 0.3) is 0 Å². The van der Waals surface area contributed by atoms with Crippen molar-refractivity contribution in [1.29, 1.82) is 0 Å². The molecule has 0 aromatic heterocycles. The molecule has 0 amide bonds. The summed E-state index contributed by atoms with van der Waals surface area (Å²) >= 11 is 6.07. The lowest BCUT2D eigenvalue weighted by molar-refractivity contribution is 0.0352. The van der Waals surface area contributed by atoms with Crippen molar-refractivity contribution in [2.75, 3.05) is 21.3 Å². The van der Waals surface area contributed by atoms with Crippen LogP contribution in [0.4, 0.5) is 0 Å². The summed E-state index contributed by atoms with van der Waals surface area (Å²) in [5.41, 5.74) is 1.09. The highest BCUT2D eigenvalue weighted by Gasteiger charge is 2.24. The first kappa shape index (κ1) is 16.3. The zero-order valence-corrected chi connectivity index (χ0v) is 13.1. The van der Waals surface area contributed by atoms with Crippen molar-refractivity contribution in [2.45, 2.75) is 32.4 Å². The van der Waals surface area contributed by atoms with Crippen molar-refractivity contribution in [2.24, 2.45) is 5.92 Å².